The molecule has 6 aromatic rings. The van der Waals surface area contributed by atoms with E-state index in [4.69, 9.17) is 29.4 Å². The van der Waals surface area contributed by atoms with Crippen molar-refractivity contribution >= 4 is 102 Å². The van der Waals surface area contributed by atoms with Crippen molar-refractivity contribution in [2.45, 2.75) is 94.5 Å². The average molecular weight is 1500 g/mol. The first-order chi connectivity index (χ1) is 50.2. The van der Waals surface area contributed by atoms with Crippen LogP contribution in [0.1, 0.15) is 82.9 Å². The molecule has 0 aliphatic carbocycles. The van der Waals surface area contributed by atoms with Gasteiger partial charge in [0.25, 0.3) is 15.9 Å². The molecule has 0 fully saturated rings. The molecule has 1 aliphatic rings. The fourth-order valence-electron chi connectivity index (χ4n) is 10.1. The maximum absolute atomic E-state index is 15.2. The van der Waals surface area contributed by atoms with Crippen LogP contribution in [0, 0.1) is 17.6 Å². The zero-order valence-corrected chi connectivity index (χ0v) is 59.8. The Bertz CT molecular complexity index is 4250. The number of carboxylic acid groups (broad SMARTS) is 1. The van der Waals surface area contributed by atoms with Gasteiger partial charge < -0.3 is 87.7 Å². The van der Waals surface area contributed by atoms with Gasteiger partial charge in [-0.1, -0.05) is 39.0 Å². The van der Waals surface area contributed by atoms with Gasteiger partial charge in [0.1, 0.15) is 35.1 Å². The number of amides is 11. The van der Waals surface area contributed by atoms with E-state index in [-0.39, 0.29) is 136 Å². The number of hydrogen-bond donors (Lipinski definition) is 13. The molecule has 2 heterocycles. The van der Waals surface area contributed by atoms with Gasteiger partial charge in [0.2, 0.25) is 17.8 Å². The van der Waals surface area contributed by atoms with E-state index in [1.807, 2.05) is 6.92 Å². The van der Waals surface area contributed by atoms with Crippen LogP contribution >= 0.6 is 0 Å². The first kappa shape index (κ1) is 81.5. The maximum atomic E-state index is 15.2. The summed E-state index contributed by atoms with van der Waals surface area (Å²) in [5.41, 5.74) is 7.33. The Morgan fingerprint density at radius 2 is 1.36 bits per heavy atom. The highest BCUT2D eigenvalue weighted by atomic mass is 32.2. The van der Waals surface area contributed by atoms with Crippen LogP contribution in [0.2, 0.25) is 0 Å². The molecule has 4 bridgehead atoms. The molecule has 14 N–H and O–H groups in total. The summed E-state index contributed by atoms with van der Waals surface area (Å²) in [6.45, 7) is 6.98. The smallest absolute Gasteiger partial charge is 0.319 e. The zero-order valence-electron chi connectivity index (χ0n) is 58.2. The number of carbonyl (C=O) groups is 8. The van der Waals surface area contributed by atoms with Gasteiger partial charge in [-0.05, 0) is 128 Å². The summed E-state index contributed by atoms with van der Waals surface area (Å²) in [6.07, 6.45) is 3.31. The minimum Gasteiger partial charge on any atom is -0.494 e. The number of ether oxygens (including phenoxy) is 5. The Morgan fingerprint density at radius 1 is 0.705 bits per heavy atom. The topological polar surface area (TPSA) is 451 Å². The molecule has 11 amide bonds. The number of fused-ring (bicyclic) bond motifs is 6. The third-order valence-electron chi connectivity index (χ3n) is 15.1. The first-order valence-electron chi connectivity index (χ1n) is 33.5. The van der Waals surface area contributed by atoms with Crippen molar-refractivity contribution in [1.82, 2.24) is 41.9 Å². The van der Waals surface area contributed by atoms with Gasteiger partial charge in [0, 0.05) is 78.4 Å². The van der Waals surface area contributed by atoms with Gasteiger partial charge >= 0.3 is 30.1 Å². The third kappa shape index (κ3) is 28.4. The molecule has 0 saturated carbocycles. The molecular weight excluding hydrogens is 1410 g/mol. The number of benzene rings is 5. The van der Waals surface area contributed by atoms with Crippen molar-refractivity contribution in [2.75, 3.05) is 105 Å². The van der Waals surface area contributed by atoms with Crippen LogP contribution in [-0.4, -0.2) is 166 Å². The molecule has 566 valence electrons. The Labute approximate surface area is 605 Å². The summed E-state index contributed by atoms with van der Waals surface area (Å²) in [7, 11) is -7.61. The molecule has 1 aliphatic heterocycles. The molecule has 5 aromatic carbocycles. The highest BCUT2D eigenvalue weighted by molar-refractivity contribution is 7.93. The average Bonchev–Trinajstić information content (AvgIpc) is 1.20. The van der Waals surface area contributed by atoms with Gasteiger partial charge in [0.15, 0.2) is 5.82 Å². The number of rotatable bonds is 35. The molecule has 105 heavy (non-hydrogen) atoms. The van der Waals surface area contributed by atoms with Crippen molar-refractivity contribution in [3.63, 3.8) is 0 Å². The summed E-state index contributed by atoms with van der Waals surface area (Å²) >= 11 is 0. The number of sulfonamides is 1. The molecule has 0 saturated heterocycles. The predicted octanol–water partition coefficient (Wildman–Crippen LogP) is 7.85. The molecule has 0 unspecified atom stereocenters. The number of halogens is 2. The van der Waals surface area contributed by atoms with E-state index in [2.05, 4.69) is 72.2 Å². The van der Waals surface area contributed by atoms with Crippen molar-refractivity contribution in [3.8, 4) is 22.8 Å². The number of aliphatic carboxylic acids is 1. The molecule has 4 atom stereocenters. The summed E-state index contributed by atoms with van der Waals surface area (Å²) in [5.74, 6) is -5.16. The van der Waals surface area contributed by atoms with Gasteiger partial charge in [-0.2, -0.15) is 4.36 Å². The normalized spacial score (nSPS) is 13.4. The molecule has 7 rings (SSSR count). The number of urea groups is 4. The second kappa shape index (κ2) is 40.9. The maximum Gasteiger partial charge on any atom is 0.319 e. The summed E-state index contributed by atoms with van der Waals surface area (Å²) in [6, 6.07) is 19.8. The molecule has 0 spiro atoms. The van der Waals surface area contributed by atoms with Crippen LogP contribution in [-0.2, 0) is 58.9 Å². The Hall–Kier alpha value is -10.8. The monoisotopic (exact) mass is 1500 g/mol. The number of hydrogen-bond acceptors (Lipinski definition) is 19. The van der Waals surface area contributed by atoms with Crippen molar-refractivity contribution < 1.29 is 88.6 Å². The minimum absolute atomic E-state index is 0.0304. The van der Waals surface area contributed by atoms with Crippen molar-refractivity contribution in [2.24, 2.45) is 16.0 Å². The minimum atomic E-state index is -4.19. The standard InChI is InChI=1S/C69H87F2N15O17S2/c1-5-23-74-67(93)80-49-12-9-14-53(39-49)105(97,98)85-50-13-8-11-45(36-50)57(40-60(88)89)82-69(95)79-48-19-17-47(18-20-48)78-68(94)75-25-29-100-31-33-101-32-30-99-28-22-59(87)83-61(43(2)3)64(91)81-56(15-10-24-73-65(72)92)63(90)86-104(4,96)42-44-34-51-38-52(35-44)102-26-6-7-27-103-58-37-46(70)16-21-54(58)62-55(71)41-76-66(77-51)84-62/h8-9,11-14,16-21,34-39,41,43,56-57,61,85H,5-7,10,15,22-33,40,42H2,1-4H3,(H,81,91)(H,83,87)(H,88,89)(H3,72,73,92)(H2,74,80,93)(H2,75,78,94)(H,76,77,84)(H2,79,82,95)/t56-,57+,61-,104-/m0/s1. The van der Waals surface area contributed by atoms with Crippen molar-refractivity contribution in [1.29, 1.82) is 0 Å². The van der Waals surface area contributed by atoms with Gasteiger partial charge in [-0.25, -0.2) is 50.6 Å². The van der Waals surface area contributed by atoms with Crippen molar-refractivity contribution in [3.05, 3.63) is 138 Å². The van der Waals surface area contributed by atoms with E-state index >= 15 is 4.39 Å². The van der Waals surface area contributed by atoms with Crippen LogP contribution in [0.3, 0.4) is 0 Å². The highest BCUT2D eigenvalue weighted by Gasteiger charge is 2.30. The number of nitrogens with two attached hydrogens (primary N) is 1. The largest absolute Gasteiger partial charge is 0.494 e. The van der Waals surface area contributed by atoms with Crippen LogP contribution in [0.4, 0.5) is 62.3 Å². The second-order valence-electron chi connectivity index (χ2n) is 24.2. The lowest BCUT2D eigenvalue weighted by atomic mass is 10.0. The predicted molar refractivity (Wildman–Crippen MR) is 387 cm³/mol. The second-order valence-corrected chi connectivity index (χ2v) is 28.2. The molecule has 1 aromatic heterocycles. The van der Waals surface area contributed by atoms with E-state index in [1.165, 1.54) is 85.1 Å². The quantitative estimate of drug-likeness (QED) is 0.0168. The van der Waals surface area contributed by atoms with E-state index in [1.54, 1.807) is 32.0 Å². The highest BCUT2D eigenvalue weighted by Crippen LogP contribution is 2.34. The van der Waals surface area contributed by atoms with E-state index in [0.29, 0.717) is 54.2 Å². The number of nitrogens with zero attached hydrogens (tertiary/aromatic N) is 3. The SMILES string of the molecule is CCCNC(=O)Nc1cccc(S(=O)(=O)Nc2cccc([C@@H](CC(=O)O)NC(=O)Nc3ccc(NC(=O)NCCOCCOCCOCCC(=O)N[C@H](C(=O)N[C@@H](CCCNC(N)=O)C(=O)N=[S@@](C)(=O)Cc4cc5cc(c4)OCCCCOc4cc(F)ccc4-c4nc(ncc4F)N5)C(C)C)cc3)c2)c1. The van der Waals surface area contributed by atoms with Gasteiger partial charge in [-0.3, -0.25) is 23.9 Å². The zero-order chi connectivity index (χ0) is 75.9. The van der Waals surface area contributed by atoms with Crippen LogP contribution in [0.5, 0.6) is 11.5 Å². The number of primary amides is 1. The summed E-state index contributed by atoms with van der Waals surface area (Å²) < 4.78 is 106. The fourth-order valence-corrected chi connectivity index (χ4v) is 12.6. The molecule has 32 nitrogen and oxygen atoms in total. The Balaban J connectivity index is 0.793. The number of nitrogens with one attached hydrogen (secondary N) is 11. The first-order valence-corrected chi connectivity index (χ1v) is 37.1. The number of anilines is 6. The summed E-state index contributed by atoms with van der Waals surface area (Å²) in [4.78, 5) is 111. The number of carboxylic acids is 1. The molecule has 0 radical (unpaired) electrons. The lowest BCUT2D eigenvalue weighted by Crippen LogP contribution is -2.53. The molecular formula is C69H87F2N15O17S2. The van der Waals surface area contributed by atoms with Crippen LogP contribution < -0.4 is 73.1 Å². The third-order valence-corrected chi connectivity index (χ3v) is 17.9. The number of carbonyl (C=O) groups excluding carboxylic acids is 7. The Morgan fingerprint density at radius 3 is 2.06 bits per heavy atom. The number of aromatic nitrogens is 2. The van der Waals surface area contributed by atoms with E-state index < -0.39 is 110 Å². The Kier molecular flexibility index (Phi) is 31.7. The summed E-state index contributed by atoms with van der Waals surface area (Å²) in [5, 5.41) is 36.2. The van der Waals surface area contributed by atoms with Gasteiger partial charge in [0.05, 0.1) is 91.9 Å². The lowest BCUT2D eigenvalue weighted by molar-refractivity contribution is -0.137. The van der Waals surface area contributed by atoms with E-state index in [0.717, 1.165) is 18.3 Å². The lowest BCUT2D eigenvalue weighted by Gasteiger charge is -2.24. The van der Waals surface area contributed by atoms with E-state index in [9.17, 15) is 60.5 Å². The fraction of sp³-hybridized carbons (Fsp3) is 0.391. The molecule has 36 heteroatoms. The van der Waals surface area contributed by atoms with Gasteiger partial charge in [-0.15, -0.1) is 0 Å². The van der Waals surface area contributed by atoms with Crippen LogP contribution in [0.15, 0.2) is 125 Å². The van der Waals surface area contributed by atoms with Crippen LogP contribution in [0.25, 0.3) is 11.3 Å².